The smallest absolute Gasteiger partial charge is 0.271 e. The summed E-state index contributed by atoms with van der Waals surface area (Å²) in [4.78, 5) is 19.6. The molecule has 0 radical (unpaired) electrons. The minimum atomic E-state index is -0.261. The van der Waals surface area contributed by atoms with E-state index in [9.17, 15) is 4.79 Å². The zero-order valence-corrected chi connectivity index (χ0v) is 9.75. The summed E-state index contributed by atoms with van der Waals surface area (Å²) >= 11 is 1.38. The summed E-state index contributed by atoms with van der Waals surface area (Å²) in [5, 5.41) is 4.46. The van der Waals surface area contributed by atoms with E-state index >= 15 is 0 Å². The lowest BCUT2D eigenvalue weighted by molar-refractivity contribution is 0.0929. The number of rotatable bonds is 3. The monoisotopic (exact) mass is 237 g/mol. The van der Waals surface area contributed by atoms with Crippen LogP contribution in [0.4, 0.5) is 0 Å². The number of hydrogen-bond donors (Lipinski definition) is 1. The number of carbonyl (C=O) groups excluding carboxylic acids is 1. The van der Waals surface area contributed by atoms with Crippen molar-refractivity contribution in [1.29, 1.82) is 0 Å². The molecule has 0 aliphatic carbocycles. The molecule has 1 atom stereocenters. The molecular weight excluding hydrogens is 226 g/mol. The molecule has 5 nitrogen and oxygen atoms in total. The van der Waals surface area contributed by atoms with Gasteiger partial charge in [-0.25, -0.2) is 9.97 Å². The minimum Gasteiger partial charge on any atom is -0.444 e. The Morgan fingerprint density at radius 3 is 2.94 bits per heavy atom. The lowest BCUT2D eigenvalue weighted by Gasteiger charge is -2.08. The van der Waals surface area contributed by atoms with Crippen molar-refractivity contribution in [2.24, 2.45) is 0 Å². The van der Waals surface area contributed by atoms with Gasteiger partial charge in [-0.3, -0.25) is 4.79 Å². The van der Waals surface area contributed by atoms with Crippen molar-refractivity contribution in [2.75, 3.05) is 0 Å². The third-order valence-electron chi connectivity index (χ3n) is 2.02. The SMILES string of the molecule is Cc1cnc(C(C)NC(=O)c2cscn2)o1. The normalized spacial score (nSPS) is 12.4. The van der Waals surface area contributed by atoms with Crippen LogP contribution in [-0.4, -0.2) is 15.9 Å². The summed E-state index contributed by atoms with van der Waals surface area (Å²) in [6.45, 7) is 3.63. The van der Waals surface area contributed by atoms with Gasteiger partial charge in [-0.05, 0) is 13.8 Å². The summed E-state index contributed by atoms with van der Waals surface area (Å²) in [5.74, 6) is 1.01. The number of aryl methyl sites for hydroxylation is 1. The predicted molar refractivity (Wildman–Crippen MR) is 59.2 cm³/mol. The zero-order valence-electron chi connectivity index (χ0n) is 8.93. The van der Waals surface area contributed by atoms with Gasteiger partial charge in [0.25, 0.3) is 5.91 Å². The molecule has 1 amide bonds. The van der Waals surface area contributed by atoms with Gasteiger partial charge in [0.1, 0.15) is 17.5 Å². The van der Waals surface area contributed by atoms with Crippen molar-refractivity contribution in [3.63, 3.8) is 0 Å². The first-order valence-electron chi connectivity index (χ1n) is 4.78. The lowest BCUT2D eigenvalue weighted by atomic mass is 10.3. The molecule has 1 unspecified atom stereocenters. The van der Waals surface area contributed by atoms with Crippen LogP contribution in [-0.2, 0) is 0 Å². The van der Waals surface area contributed by atoms with E-state index in [-0.39, 0.29) is 11.9 Å². The summed E-state index contributed by atoms with van der Waals surface area (Å²) in [6, 6.07) is -0.261. The number of carbonyl (C=O) groups is 1. The molecule has 1 N–H and O–H groups in total. The van der Waals surface area contributed by atoms with Crippen molar-refractivity contribution in [3.05, 3.63) is 34.4 Å². The minimum absolute atomic E-state index is 0.218. The third kappa shape index (κ3) is 2.27. The fraction of sp³-hybridized carbons (Fsp3) is 0.300. The van der Waals surface area contributed by atoms with Gasteiger partial charge in [0.05, 0.1) is 11.7 Å². The van der Waals surface area contributed by atoms with Crippen LogP contribution < -0.4 is 5.32 Å². The van der Waals surface area contributed by atoms with E-state index in [1.807, 2.05) is 13.8 Å². The van der Waals surface area contributed by atoms with Gasteiger partial charge in [0, 0.05) is 5.38 Å². The van der Waals surface area contributed by atoms with Gasteiger partial charge in [-0.2, -0.15) is 0 Å². The Morgan fingerprint density at radius 2 is 2.38 bits per heavy atom. The van der Waals surface area contributed by atoms with Crippen LogP contribution in [0.5, 0.6) is 0 Å². The number of nitrogens with one attached hydrogen (secondary N) is 1. The van der Waals surface area contributed by atoms with Crippen molar-refractivity contribution in [2.45, 2.75) is 19.9 Å². The van der Waals surface area contributed by atoms with Crippen LogP contribution >= 0.6 is 11.3 Å². The van der Waals surface area contributed by atoms with Gasteiger partial charge < -0.3 is 9.73 Å². The Bertz CT molecular complexity index is 478. The molecule has 0 saturated heterocycles. The quantitative estimate of drug-likeness (QED) is 0.885. The maximum Gasteiger partial charge on any atom is 0.271 e. The summed E-state index contributed by atoms with van der Waals surface area (Å²) in [5.41, 5.74) is 2.04. The second-order valence-corrected chi connectivity index (χ2v) is 4.10. The molecule has 2 aromatic rings. The maximum absolute atomic E-state index is 11.7. The van der Waals surface area contributed by atoms with E-state index in [2.05, 4.69) is 15.3 Å². The number of nitrogens with zero attached hydrogens (tertiary/aromatic N) is 2. The van der Waals surface area contributed by atoms with Crippen molar-refractivity contribution < 1.29 is 9.21 Å². The molecule has 0 aromatic carbocycles. The molecule has 0 bridgehead atoms. The average molecular weight is 237 g/mol. The van der Waals surface area contributed by atoms with Crippen LogP contribution in [0.2, 0.25) is 0 Å². The topological polar surface area (TPSA) is 68.0 Å². The molecule has 16 heavy (non-hydrogen) atoms. The first-order chi connectivity index (χ1) is 7.66. The molecule has 6 heteroatoms. The standard InChI is InChI=1S/C10H11N3O2S/c1-6-3-11-10(15-6)7(2)13-9(14)8-4-16-5-12-8/h3-5,7H,1-2H3,(H,13,14). The average Bonchev–Trinajstić information content (AvgIpc) is 2.87. The number of hydrogen-bond acceptors (Lipinski definition) is 5. The molecule has 2 rings (SSSR count). The fourth-order valence-electron chi connectivity index (χ4n) is 1.23. The van der Waals surface area contributed by atoms with E-state index < -0.39 is 0 Å². The molecule has 0 saturated carbocycles. The molecule has 0 fully saturated rings. The van der Waals surface area contributed by atoms with Crippen molar-refractivity contribution in [3.8, 4) is 0 Å². The zero-order chi connectivity index (χ0) is 11.5. The number of amides is 1. The molecular formula is C10H11N3O2S. The Morgan fingerprint density at radius 1 is 1.56 bits per heavy atom. The highest BCUT2D eigenvalue weighted by atomic mass is 32.1. The molecule has 84 valence electrons. The van der Waals surface area contributed by atoms with Crippen LogP contribution in [0, 0.1) is 6.92 Å². The summed E-state index contributed by atoms with van der Waals surface area (Å²) in [7, 11) is 0. The highest BCUT2D eigenvalue weighted by Gasteiger charge is 2.16. The number of aromatic nitrogens is 2. The van der Waals surface area contributed by atoms with Crippen molar-refractivity contribution in [1.82, 2.24) is 15.3 Å². The Labute approximate surface area is 96.5 Å². The highest BCUT2D eigenvalue weighted by molar-refractivity contribution is 7.07. The van der Waals surface area contributed by atoms with Crippen LogP contribution in [0.3, 0.4) is 0 Å². The van der Waals surface area contributed by atoms with Crippen LogP contribution in [0.15, 0.2) is 21.5 Å². The van der Waals surface area contributed by atoms with E-state index in [0.717, 1.165) is 5.76 Å². The van der Waals surface area contributed by atoms with E-state index in [1.54, 1.807) is 17.1 Å². The second-order valence-electron chi connectivity index (χ2n) is 3.38. The third-order valence-corrected chi connectivity index (χ3v) is 2.61. The Kier molecular flexibility index (Phi) is 3.00. The lowest BCUT2D eigenvalue weighted by Crippen LogP contribution is -2.27. The number of oxazole rings is 1. The molecule has 2 aromatic heterocycles. The van der Waals surface area contributed by atoms with E-state index in [0.29, 0.717) is 11.6 Å². The first-order valence-corrected chi connectivity index (χ1v) is 5.72. The summed E-state index contributed by atoms with van der Waals surface area (Å²) in [6.07, 6.45) is 1.63. The largest absolute Gasteiger partial charge is 0.444 e. The van der Waals surface area contributed by atoms with Gasteiger partial charge in [0.15, 0.2) is 0 Å². The van der Waals surface area contributed by atoms with Gasteiger partial charge in [0.2, 0.25) is 5.89 Å². The van der Waals surface area contributed by atoms with E-state index in [1.165, 1.54) is 11.3 Å². The van der Waals surface area contributed by atoms with Gasteiger partial charge in [-0.1, -0.05) is 0 Å². The Hall–Kier alpha value is -1.69. The van der Waals surface area contributed by atoms with Gasteiger partial charge >= 0.3 is 0 Å². The fourth-order valence-corrected chi connectivity index (χ4v) is 1.76. The van der Waals surface area contributed by atoms with Crippen LogP contribution in [0.25, 0.3) is 0 Å². The molecule has 0 spiro atoms. The van der Waals surface area contributed by atoms with Gasteiger partial charge in [-0.15, -0.1) is 11.3 Å². The molecule has 2 heterocycles. The summed E-state index contributed by atoms with van der Waals surface area (Å²) < 4.78 is 5.32. The number of thiazole rings is 1. The second kappa shape index (κ2) is 4.44. The maximum atomic E-state index is 11.7. The predicted octanol–water partition coefficient (Wildman–Crippen LogP) is 1.93. The van der Waals surface area contributed by atoms with E-state index in [4.69, 9.17) is 4.42 Å². The molecule has 0 aliphatic heterocycles. The highest BCUT2D eigenvalue weighted by Crippen LogP contribution is 2.12. The van der Waals surface area contributed by atoms with Crippen LogP contribution in [0.1, 0.15) is 35.1 Å². The van der Waals surface area contributed by atoms with Crippen molar-refractivity contribution >= 4 is 17.2 Å². The molecule has 0 aliphatic rings. The first kappa shape index (κ1) is 10.8. The Balaban J connectivity index is 2.03.